The highest BCUT2D eigenvalue weighted by atomic mass is 16.5. The average molecular weight is 268 g/mol. The minimum atomic E-state index is -1.00. The molecule has 2 heterocycles. The Bertz CT molecular complexity index is 750. The van der Waals surface area contributed by atoms with E-state index >= 15 is 0 Å². The molecule has 0 aliphatic carbocycles. The van der Waals surface area contributed by atoms with Crippen LogP contribution < -0.4 is 4.74 Å². The van der Waals surface area contributed by atoms with Crippen molar-refractivity contribution in [1.29, 1.82) is 0 Å². The number of ether oxygens (including phenoxy) is 1. The molecule has 2 aromatic heterocycles. The van der Waals surface area contributed by atoms with Crippen molar-refractivity contribution in [2.24, 2.45) is 0 Å². The maximum atomic E-state index is 10.9. The first-order valence-electron chi connectivity index (χ1n) is 6.12. The van der Waals surface area contributed by atoms with E-state index in [1.165, 1.54) is 6.07 Å². The number of aromatic amines is 1. The number of H-pyrrole nitrogens is 1. The molecule has 3 rings (SSSR count). The number of hydrogen-bond donors (Lipinski definition) is 2. The van der Waals surface area contributed by atoms with Gasteiger partial charge in [-0.15, -0.1) is 0 Å². The number of aromatic nitrogens is 2. The van der Waals surface area contributed by atoms with Crippen molar-refractivity contribution >= 4 is 17.0 Å². The summed E-state index contributed by atoms with van der Waals surface area (Å²) in [5.41, 5.74) is 2.42. The molecule has 0 aliphatic heterocycles. The van der Waals surface area contributed by atoms with Gasteiger partial charge in [0.2, 0.25) is 5.88 Å². The Morgan fingerprint density at radius 2 is 2.00 bits per heavy atom. The first kappa shape index (κ1) is 12.2. The number of aromatic carboxylic acids is 1. The van der Waals surface area contributed by atoms with Gasteiger partial charge < -0.3 is 14.8 Å². The smallest absolute Gasteiger partial charge is 0.352 e. The summed E-state index contributed by atoms with van der Waals surface area (Å²) in [5.74, 6) is -0.535. The number of hydrogen-bond acceptors (Lipinski definition) is 3. The number of nitrogens with zero attached hydrogens (tertiary/aromatic N) is 1. The van der Waals surface area contributed by atoms with Crippen LogP contribution in [-0.2, 0) is 6.61 Å². The fraction of sp³-hybridized carbons (Fsp3) is 0.0667. The van der Waals surface area contributed by atoms with Crippen molar-refractivity contribution < 1.29 is 14.6 Å². The Hall–Kier alpha value is -2.82. The molecule has 0 spiro atoms. The van der Waals surface area contributed by atoms with E-state index in [9.17, 15) is 4.79 Å². The van der Waals surface area contributed by atoms with E-state index < -0.39 is 5.97 Å². The van der Waals surface area contributed by atoms with Gasteiger partial charge >= 0.3 is 5.97 Å². The predicted molar refractivity (Wildman–Crippen MR) is 73.8 cm³/mol. The van der Waals surface area contributed by atoms with E-state index in [-0.39, 0.29) is 5.69 Å². The van der Waals surface area contributed by atoms with Gasteiger partial charge in [-0.25, -0.2) is 9.78 Å². The standard InChI is InChI=1S/C15H12N2O3/c18-15(19)13-8-12-11(16-13)6-7-14(17-12)20-9-10-4-2-1-3-5-10/h1-8,16H,9H2,(H,18,19). The van der Waals surface area contributed by atoms with E-state index in [1.807, 2.05) is 30.3 Å². The largest absolute Gasteiger partial charge is 0.477 e. The monoisotopic (exact) mass is 268 g/mol. The van der Waals surface area contributed by atoms with Gasteiger partial charge in [0, 0.05) is 6.07 Å². The van der Waals surface area contributed by atoms with Gasteiger partial charge in [-0.2, -0.15) is 0 Å². The second kappa shape index (κ2) is 5.05. The average Bonchev–Trinajstić information content (AvgIpc) is 2.89. The Kier molecular flexibility index (Phi) is 3.09. The van der Waals surface area contributed by atoms with Crippen LogP contribution in [0.4, 0.5) is 0 Å². The summed E-state index contributed by atoms with van der Waals surface area (Å²) in [7, 11) is 0. The Morgan fingerprint density at radius 3 is 2.75 bits per heavy atom. The lowest BCUT2D eigenvalue weighted by Crippen LogP contribution is -1.96. The van der Waals surface area contributed by atoms with Crippen molar-refractivity contribution in [1.82, 2.24) is 9.97 Å². The Balaban J connectivity index is 1.80. The number of fused-ring (bicyclic) bond motifs is 1. The van der Waals surface area contributed by atoms with Gasteiger partial charge in [0.15, 0.2) is 0 Å². The molecule has 2 N–H and O–H groups in total. The van der Waals surface area contributed by atoms with Crippen molar-refractivity contribution in [3.05, 3.63) is 59.8 Å². The molecule has 0 bridgehead atoms. The number of benzene rings is 1. The molecule has 0 unspecified atom stereocenters. The van der Waals surface area contributed by atoms with Crippen LogP contribution in [0, 0.1) is 0 Å². The Labute approximate surface area is 114 Å². The van der Waals surface area contributed by atoms with E-state index in [0.717, 1.165) is 5.56 Å². The van der Waals surface area contributed by atoms with Gasteiger partial charge in [-0.1, -0.05) is 30.3 Å². The maximum Gasteiger partial charge on any atom is 0.352 e. The minimum Gasteiger partial charge on any atom is -0.477 e. The lowest BCUT2D eigenvalue weighted by atomic mass is 10.2. The number of carbonyl (C=O) groups is 1. The second-order valence-corrected chi connectivity index (χ2v) is 4.34. The number of carboxylic acid groups (broad SMARTS) is 1. The SMILES string of the molecule is O=C(O)c1cc2nc(OCc3ccccc3)ccc2[nH]1. The summed E-state index contributed by atoms with van der Waals surface area (Å²) in [6.45, 7) is 0.426. The zero-order valence-corrected chi connectivity index (χ0v) is 10.5. The van der Waals surface area contributed by atoms with Crippen LogP contribution in [-0.4, -0.2) is 21.0 Å². The molecule has 0 saturated heterocycles. The second-order valence-electron chi connectivity index (χ2n) is 4.34. The topological polar surface area (TPSA) is 75.2 Å². The van der Waals surface area contributed by atoms with Gasteiger partial charge in [-0.05, 0) is 17.7 Å². The van der Waals surface area contributed by atoms with Crippen molar-refractivity contribution in [3.63, 3.8) is 0 Å². The molecule has 0 fully saturated rings. The Morgan fingerprint density at radius 1 is 1.20 bits per heavy atom. The summed E-state index contributed by atoms with van der Waals surface area (Å²) >= 11 is 0. The van der Waals surface area contributed by atoms with Crippen LogP contribution in [0.2, 0.25) is 0 Å². The molecule has 0 atom stereocenters. The normalized spacial score (nSPS) is 10.6. The minimum absolute atomic E-state index is 0.118. The zero-order valence-electron chi connectivity index (χ0n) is 10.5. The zero-order chi connectivity index (χ0) is 13.9. The van der Waals surface area contributed by atoms with Crippen molar-refractivity contribution in [3.8, 4) is 5.88 Å². The molecule has 1 aromatic carbocycles. The fourth-order valence-electron chi connectivity index (χ4n) is 1.92. The van der Waals surface area contributed by atoms with Crippen molar-refractivity contribution in [2.45, 2.75) is 6.61 Å². The van der Waals surface area contributed by atoms with Crippen LogP contribution in [0.25, 0.3) is 11.0 Å². The van der Waals surface area contributed by atoms with E-state index in [4.69, 9.17) is 9.84 Å². The highest BCUT2D eigenvalue weighted by Gasteiger charge is 2.09. The molecule has 5 nitrogen and oxygen atoms in total. The maximum absolute atomic E-state index is 10.9. The van der Waals surface area contributed by atoms with Crippen LogP contribution in [0.5, 0.6) is 5.88 Å². The summed E-state index contributed by atoms with van der Waals surface area (Å²) in [6.07, 6.45) is 0. The van der Waals surface area contributed by atoms with Gasteiger partial charge in [0.1, 0.15) is 12.3 Å². The van der Waals surface area contributed by atoms with Crippen LogP contribution in [0.15, 0.2) is 48.5 Å². The molecular weight excluding hydrogens is 256 g/mol. The molecule has 0 radical (unpaired) electrons. The molecule has 3 aromatic rings. The fourth-order valence-corrected chi connectivity index (χ4v) is 1.92. The number of pyridine rings is 1. The molecule has 100 valence electrons. The summed E-state index contributed by atoms with van der Waals surface area (Å²) in [6, 6.07) is 14.7. The first-order valence-corrected chi connectivity index (χ1v) is 6.12. The summed E-state index contributed by atoms with van der Waals surface area (Å²) in [4.78, 5) is 17.9. The van der Waals surface area contributed by atoms with E-state index in [2.05, 4.69) is 9.97 Å². The molecule has 20 heavy (non-hydrogen) atoms. The van der Waals surface area contributed by atoms with Crippen molar-refractivity contribution in [2.75, 3.05) is 0 Å². The van der Waals surface area contributed by atoms with Gasteiger partial charge in [-0.3, -0.25) is 0 Å². The summed E-state index contributed by atoms with van der Waals surface area (Å²) in [5, 5.41) is 8.92. The molecule has 5 heteroatoms. The number of nitrogens with one attached hydrogen (secondary N) is 1. The van der Waals surface area contributed by atoms with Crippen LogP contribution in [0.3, 0.4) is 0 Å². The van der Waals surface area contributed by atoms with Crippen LogP contribution >= 0.6 is 0 Å². The quantitative estimate of drug-likeness (QED) is 0.763. The van der Waals surface area contributed by atoms with E-state index in [0.29, 0.717) is 23.5 Å². The van der Waals surface area contributed by atoms with Gasteiger partial charge in [0.25, 0.3) is 0 Å². The lowest BCUT2D eigenvalue weighted by Gasteiger charge is -2.04. The van der Waals surface area contributed by atoms with E-state index in [1.54, 1.807) is 12.1 Å². The first-order chi connectivity index (χ1) is 9.72. The molecule has 0 aliphatic rings. The molecular formula is C15H12N2O3. The third-order valence-corrected chi connectivity index (χ3v) is 2.91. The highest BCUT2D eigenvalue weighted by Crippen LogP contribution is 2.18. The summed E-state index contributed by atoms with van der Waals surface area (Å²) < 4.78 is 5.60. The molecule has 0 saturated carbocycles. The highest BCUT2D eigenvalue weighted by molar-refractivity contribution is 5.92. The third-order valence-electron chi connectivity index (χ3n) is 2.91. The predicted octanol–water partition coefficient (Wildman–Crippen LogP) is 2.84. The van der Waals surface area contributed by atoms with Gasteiger partial charge in [0.05, 0.1) is 11.0 Å². The van der Waals surface area contributed by atoms with Crippen LogP contribution in [0.1, 0.15) is 16.1 Å². The number of rotatable bonds is 4. The number of carboxylic acids is 1. The third kappa shape index (κ3) is 2.47. The lowest BCUT2D eigenvalue weighted by molar-refractivity contribution is 0.0691. The molecule has 0 amide bonds.